The van der Waals surface area contributed by atoms with Crippen LogP contribution >= 0.6 is 0 Å². The van der Waals surface area contributed by atoms with Crippen molar-refractivity contribution in [3.05, 3.63) is 65.7 Å². The summed E-state index contributed by atoms with van der Waals surface area (Å²) in [5.74, 6) is -0.376. The monoisotopic (exact) mass is 378 g/mol. The van der Waals surface area contributed by atoms with Gasteiger partial charge in [0.1, 0.15) is 11.8 Å². The van der Waals surface area contributed by atoms with Crippen LogP contribution < -0.4 is 20.7 Å². The Morgan fingerprint density at radius 2 is 1.59 bits per heavy atom. The van der Waals surface area contributed by atoms with Gasteiger partial charge in [0.05, 0.1) is 0 Å². The van der Waals surface area contributed by atoms with Gasteiger partial charge < -0.3 is 15.4 Å². The van der Waals surface area contributed by atoms with E-state index >= 15 is 0 Å². The summed E-state index contributed by atoms with van der Waals surface area (Å²) in [4.78, 5) is 23.5. The van der Waals surface area contributed by atoms with E-state index in [4.69, 9.17) is 0 Å². The smallest absolute Gasteiger partial charge is 0.387 e. The van der Waals surface area contributed by atoms with Gasteiger partial charge in [0.25, 0.3) is 5.91 Å². The van der Waals surface area contributed by atoms with Crippen LogP contribution in [-0.4, -0.2) is 31.6 Å². The van der Waals surface area contributed by atoms with Gasteiger partial charge in [-0.15, -0.1) is 0 Å². The number of ether oxygens (including phenoxy) is 1. The molecule has 2 atom stereocenters. The number of benzene rings is 2. The van der Waals surface area contributed by atoms with Crippen LogP contribution in [0, 0.1) is 0 Å². The molecule has 0 saturated carbocycles. The molecule has 0 saturated heterocycles. The molecule has 0 spiro atoms. The number of quaternary nitrogens is 1. The maximum absolute atomic E-state index is 12.3. The normalized spacial score (nSPS) is 12.9. The van der Waals surface area contributed by atoms with E-state index in [1.165, 1.54) is 19.2 Å². The standard InChI is InChI=1S/C19H21F2N3O3/c1-12(17(25)24-19(26)22-2)23-16(13-6-4-3-5-7-13)14-8-10-15(11-9-14)27-18(20)21/h3-12,16,18,23H,1-2H3,(H2,22,24,25,26)/p+1/t12-,16-/m0/s1. The largest absolute Gasteiger partial charge is 0.435 e. The number of nitrogens with one attached hydrogen (secondary N) is 2. The molecule has 0 bridgehead atoms. The van der Waals surface area contributed by atoms with Crippen LogP contribution in [0.3, 0.4) is 0 Å². The van der Waals surface area contributed by atoms with E-state index in [1.807, 2.05) is 30.3 Å². The Balaban J connectivity index is 2.22. The highest BCUT2D eigenvalue weighted by molar-refractivity contribution is 5.95. The third-order valence-electron chi connectivity index (χ3n) is 3.98. The minimum absolute atomic E-state index is 0.0611. The van der Waals surface area contributed by atoms with Crippen LogP contribution in [0.25, 0.3) is 0 Å². The molecule has 2 rings (SSSR count). The zero-order valence-corrected chi connectivity index (χ0v) is 15.0. The number of rotatable bonds is 7. The lowest BCUT2D eigenvalue weighted by Crippen LogP contribution is -2.93. The SMILES string of the molecule is CNC(=O)NC(=O)[C@H](C)[NH2+][C@@H](c1ccccc1)c1ccc(OC(F)F)cc1. The lowest BCUT2D eigenvalue weighted by atomic mass is 9.97. The topological polar surface area (TPSA) is 84.0 Å². The molecule has 2 aromatic carbocycles. The van der Waals surface area contributed by atoms with Gasteiger partial charge in [-0.05, 0) is 31.2 Å². The molecule has 0 aliphatic heterocycles. The molecule has 2 aromatic rings. The lowest BCUT2D eigenvalue weighted by molar-refractivity contribution is -0.704. The van der Waals surface area contributed by atoms with Crippen LogP contribution in [0.15, 0.2) is 54.6 Å². The number of carbonyl (C=O) groups is 2. The Morgan fingerprint density at radius 1 is 1.00 bits per heavy atom. The van der Waals surface area contributed by atoms with Crippen molar-refractivity contribution in [2.45, 2.75) is 25.6 Å². The molecular formula is C19H22F2N3O3+. The van der Waals surface area contributed by atoms with Crippen LogP contribution in [0.1, 0.15) is 24.1 Å². The summed E-state index contributed by atoms with van der Waals surface area (Å²) in [6.45, 7) is -1.21. The number of imide groups is 1. The average molecular weight is 378 g/mol. The second-order valence-corrected chi connectivity index (χ2v) is 5.89. The molecule has 0 fully saturated rings. The number of urea groups is 1. The van der Waals surface area contributed by atoms with Gasteiger partial charge in [0.2, 0.25) is 0 Å². The van der Waals surface area contributed by atoms with Crippen LogP contribution in [0.4, 0.5) is 13.6 Å². The highest BCUT2D eigenvalue weighted by Crippen LogP contribution is 2.22. The maximum atomic E-state index is 12.3. The molecule has 4 N–H and O–H groups in total. The number of alkyl halides is 2. The quantitative estimate of drug-likeness (QED) is 0.687. The fraction of sp³-hybridized carbons (Fsp3) is 0.263. The minimum Gasteiger partial charge on any atom is -0.435 e. The van der Waals surface area contributed by atoms with Gasteiger partial charge >= 0.3 is 12.6 Å². The second-order valence-electron chi connectivity index (χ2n) is 5.89. The summed E-state index contributed by atoms with van der Waals surface area (Å²) in [7, 11) is 1.42. The van der Waals surface area contributed by atoms with Crippen molar-refractivity contribution < 1.29 is 28.4 Å². The number of hydrogen-bond acceptors (Lipinski definition) is 3. The Labute approximate surface area is 155 Å². The van der Waals surface area contributed by atoms with E-state index in [2.05, 4.69) is 15.4 Å². The van der Waals surface area contributed by atoms with Crippen molar-refractivity contribution in [3.63, 3.8) is 0 Å². The van der Waals surface area contributed by atoms with Crippen molar-refractivity contribution in [3.8, 4) is 5.75 Å². The first-order valence-corrected chi connectivity index (χ1v) is 8.38. The van der Waals surface area contributed by atoms with E-state index in [0.717, 1.165) is 11.1 Å². The van der Waals surface area contributed by atoms with Gasteiger partial charge in [-0.2, -0.15) is 8.78 Å². The molecule has 6 nitrogen and oxygen atoms in total. The molecule has 0 unspecified atom stereocenters. The summed E-state index contributed by atoms with van der Waals surface area (Å²) in [6, 6.07) is 14.3. The Morgan fingerprint density at radius 3 is 2.15 bits per heavy atom. The minimum atomic E-state index is -2.89. The third kappa shape index (κ3) is 6.03. The fourth-order valence-electron chi connectivity index (χ4n) is 2.60. The Bertz CT molecular complexity index is 755. The van der Waals surface area contributed by atoms with Crippen molar-refractivity contribution >= 4 is 11.9 Å². The second kappa shape index (κ2) is 9.63. The molecular weight excluding hydrogens is 356 g/mol. The predicted octanol–water partition coefficient (Wildman–Crippen LogP) is 1.78. The molecule has 144 valence electrons. The van der Waals surface area contributed by atoms with Crippen molar-refractivity contribution in [1.82, 2.24) is 10.6 Å². The van der Waals surface area contributed by atoms with Gasteiger partial charge in [-0.1, -0.05) is 30.3 Å². The fourth-order valence-corrected chi connectivity index (χ4v) is 2.60. The summed E-state index contributed by atoms with van der Waals surface area (Å²) in [5.41, 5.74) is 1.74. The van der Waals surface area contributed by atoms with Gasteiger partial charge in [-0.3, -0.25) is 10.1 Å². The van der Waals surface area contributed by atoms with E-state index < -0.39 is 24.6 Å². The van der Waals surface area contributed by atoms with Gasteiger partial charge in [0.15, 0.2) is 6.04 Å². The summed E-state index contributed by atoms with van der Waals surface area (Å²) >= 11 is 0. The first-order chi connectivity index (χ1) is 12.9. The molecule has 0 aliphatic rings. The molecule has 0 aliphatic carbocycles. The Hall–Kier alpha value is -3.00. The molecule has 0 radical (unpaired) electrons. The van der Waals surface area contributed by atoms with Crippen molar-refractivity contribution in [2.75, 3.05) is 7.05 Å². The number of halogens is 2. The molecule has 8 heteroatoms. The summed E-state index contributed by atoms with van der Waals surface area (Å²) < 4.78 is 29.0. The van der Waals surface area contributed by atoms with Crippen LogP contribution in [0.5, 0.6) is 5.75 Å². The molecule has 3 amide bonds. The van der Waals surface area contributed by atoms with Gasteiger partial charge in [0, 0.05) is 18.2 Å². The molecule has 0 heterocycles. The van der Waals surface area contributed by atoms with E-state index in [-0.39, 0.29) is 11.8 Å². The first kappa shape index (κ1) is 20.3. The molecule has 27 heavy (non-hydrogen) atoms. The molecule has 0 aromatic heterocycles. The maximum Gasteiger partial charge on any atom is 0.387 e. The number of hydrogen-bond donors (Lipinski definition) is 3. The summed E-state index contributed by atoms with van der Waals surface area (Å²) in [6.07, 6.45) is 0. The first-order valence-electron chi connectivity index (χ1n) is 8.38. The number of nitrogens with two attached hydrogens (primary N) is 1. The van der Waals surface area contributed by atoms with Crippen molar-refractivity contribution in [1.29, 1.82) is 0 Å². The van der Waals surface area contributed by atoms with E-state index in [1.54, 1.807) is 24.4 Å². The van der Waals surface area contributed by atoms with E-state index in [0.29, 0.717) is 0 Å². The van der Waals surface area contributed by atoms with Gasteiger partial charge in [-0.25, -0.2) is 4.79 Å². The third-order valence-corrected chi connectivity index (χ3v) is 3.98. The number of amides is 3. The zero-order valence-electron chi connectivity index (χ0n) is 15.0. The van der Waals surface area contributed by atoms with Crippen LogP contribution in [-0.2, 0) is 4.79 Å². The van der Waals surface area contributed by atoms with Crippen LogP contribution in [0.2, 0.25) is 0 Å². The average Bonchev–Trinajstić information content (AvgIpc) is 2.66. The zero-order chi connectivity index (χ0) is 19.8. The highest BCUT2D eigenvalue weighted by Gasteiger charge is 2.25. The predicted molar refractivity (Wildman–Crippen MR) is 95.3 cm³/mol. The number of carbonyl (C=O) groups excluding carboxylic acids is 2. The summed E-state index contributed by atoms with van der Waals surface area (Å²) in [5, 5.41) is 6.38. The van der Waals surface area contributed by atoms with E-state index in [9.17, 15) is 18.4 Å². The highest BCUT2D eigenvalue weighted by atomic mass is 19.3. The lowest BCUT2D eigenvalue weighted by Gasteiger charge is -2.20. The van der Waals surface area contributed by atoms with Crippen molar-refractivity contribution in [2.24, 2.45) is 0 Å². The Kier molecular flexibility index (Phi) is 7.25.